The second kappa shape index (κ2) is 2.48. The van der Waals surface area contributed by atoms with Gasteiger partial charge in [-0.2, -0.15) is 0 Å². The summed E-state index contributed by atoms with van der Waals surface area (Å²) in [6, 6.07) is 0. The predicted octanol–water partition coefficient (Wildman–Crippen LogP) is -0.0104. The molecule has 0 aromatic heterocycles. The van der Waals surface area contributed by atoms with Crippen molar-refractivity contribution in [2.24, 2.45) is 5.92 Å². The zero-order valence-electron chi connectivity index (χ0n) is 6.49. The number of carbonyl (C=O) groups excluding carboxylic acids is 1. The highest BCUT2D eigenvalue weighted by atomic mass is 16.3. The number of aliphatic hydroxyl groups excluding tert-OH is 1. The molecule has 0 radical (unpaired) electrons. The van der Waals surface area contributed by atoms with E-state index in [9.17, 15) is 4.79 Å². The Kier molecular flexibility index (Phi) is 1.60. The molecule has 1 unspecified atom stereocenters. The first-order valence-corrected chi connectivity index (χ1v) is 4.21. The molecule has 62 valence electrons. The molecular formula is C8H13NO2. The molecule has 0 spiro atoms. The monoisotopic (exact) mass is 155 g/mol. The quantitative estimate of drug-likeness (QED) is 0.609. The number of rotatable bonds is 2. The van der Waals surface area contributed by atoms with E-state index in [1.165, 1.54) is 12.8 Å². The molecule has 1 atom stereocenters. The summed E-state index contributed by atoms with van der Waals surface area (Å²) in [7, 11) is 0. The van der Waals surface area contributed by atoms with Crippen LogP contribution in [0.25, 0.3) is 0 Å². The highest BCUT2D eigenvalue weighted by Crippen LogP contribution is 2.30. The molecule has 1 saturated heterocycles. The summed E-state index contributed by atoms with van der Waals surface area (Å²) in [4.78, 5) is 12.9. The molecule has 2 fully saturated rings. The first-order valence-electron chi connectivity index (χ1n) is 4.21. The molecule has 0 bridgehead atoms. The van der Waals surface area contributed by atoms with Crippen molar-refractivity contribution >= 4 is 5.91 Å². The average Bonchev–Trinajstić information content (AvgIpc) is 2.64. The van der Waals surface area contributed by atoms with Crippen LogP contribution >= 0.6 is 0 Å². The lowest BCUT2D eigenvalue weighted by molar-refractivity contribution is -0.127. The van der Waals surface area contributed by atoms with Gasteiger partial charge < -0.3 is 10.0 Å². The maximum absolute atomic E-state index is 11.1. The Hall–Kier alpha value is -0.570. The molecule has 2 aliphatic rings. The molecule has 3 nitrogen and oxygen atoms in total. The molecule has 1 aliphatic carbocycles. The van der Waals surface area contributed by atoms with Crippen LogP contribution in [0, 0.1) is 5.92 Å². The average molecular weight is 155 g/mol. The molecule has 3 heteroatoms. The van der Waals surface area contributed by atoms with E-state index >= 15 is 0 Å². The van der Waals surface area contributed by atoms with Gasteiger partial charge in [0, 0.05) is 13.1 Å². The van der Waals surface area contributed by atoms with Crippen LogP contribution in [0.4, 0.5) is 0 Å². The lowest BCUT2D eigenvalue weighted by atomic mass is 10.3. The van der Waals surface area contributed by atoms with Crippen LogP contribution < -0.4 is 0 Å². The predicted molar refractivity (Wildman–Crippen MR) is 39.9 cm³/mol. The van der Waals surface area contributed by atoms with Gasteiger partial charge in [0.25, 0.3) is 0 Å². The minimum atomic E-state index is -0.402. The number of aliphatic hydroxyl groups is 1. The lowest BCUT2D eigenvalue weighted by Crippen LogP contribution is -2.27. The molecule has 1 heterocycles. The standard InChI is InChI=1S/C8H13NO2/c10-7-3-8(11)9(5-7)4-6-1-2-6/h6-7,10H,1-5H2. The third-order valence-electron chi connectivity index (χ3n) is 2.37. The van der Waals surface area contributed by atoms with Crippen LogP contribution in [0.2, 0.25) is 0 Å². The Morgan fingerprint density at radius 2 is 2.27 bits per heavy atom. The maximum atomic E-state index is 11.1. The number of hydrogen-bond acceptors (Lipinski definition) is 2. The van der Waals surface area contributed by atoms with Gasteiger partial charge in [-0.3, -0.25) is 4.79 Å². The fourth-order valence-electron chi connectivity index (χ4n) is 1.54. The zero-order chi connectivity index (χ0) is 7.84. The Morgan fingerprint density at radius 1 is 1.55 bits per heavy atom. The third kappa shape index (κ3) is 1.53. The minimum absolute atomic E-state index is 0.129. The van der Waals surface area contributed by atoms with E-state index in [0.29, 0.717) is 13.0 Å². The molecule has 2 rings (SSSR count). The molecule has 1 N–H and O–H groups in total. The van der Waals surface area contributed by atoms with Gasteiger partial charge in [-0.05, 0) is 18.8 Å². The molecule has 1 amide bonds. The summed E-state index contributed by atoms with van der Waals surface area (Å²) in [5.41, 5.74) is 0. The lowest BCUT2D eigenvalue weighted by Gasteiger charge is -2.14. The van der Waals surface area contributed by atoms with E-state index in [4.69, 9.17) is 5.11 Å². The van der Waals surface area contributed by atoms with Crippen molar-refractivity contribution in [1.82, 2.24) is 4.90 Å². The Labute approximate surface area is 66.0 Å². The molecule has 0 aromatic carbocycles. The number of hydrogen-bond donors (Lipinski definition) is 1. The summed E-state index contributed by atoms with van der Waals surface area (Å²) < 4.78 is 0. The fourth-order valence-corrected chi connectivity index (χ4v) is 1.54. The molecular weight excluding hydrogens is 142 g/mol. The largest absolute Gasteiger partial charge is 0.391 e. The Bertz CT molecular complexity index is 177. The second-order valence-electron chi connectivity index (χ2n) is 3.60. The van der Waals surface area contributed by atoms with Crippen LogP contribution in [-0.4, -0.2) is 35.1 Å². The van der Waals surface area contributed by atoms with Crippen molar-refractivity contribution in [2.45, 2.75) is 25.4 Å². The van der Waals surface area contributed by atoms with Gasteiger partial charge in [0.05, 0.1) is 12.5 Å². The maximum Gasteiger partial charge on any atom is 0.225 e. The van der Waals surface area contributed by atoms with Gasteiger partial charge in [-0.25, -0.2) is 0 Å². The number of β-amino-alcohol motifs (C(OH)–C–C–N with tert-alkyl or cyclic N) is 1. The molecule has 1 saturated carbocycles. The van der Waals surface area contributed by atoms with Gasteiger partial charge in [-0.15, -0.1) is 0 Å². The summed E-state index contributed by atoms with van der Waals surface area (Å²) >= 11 is 0. The van der Waals surface area contributed by atoms with Crippen molar-refractivity contribution in [2.75, 3.05) is 13.1 Å². The topological polar surface area (TPSA) is 40.5 Å². The van der Waals surface area contributed by atoms with Gasteiger partial charge >= 0.3 is 0 Å². The number of carbonyl (C=O) groups is 1. The van der Waals surface area contributed by atoms with Crippen molar-refractivity contribution in [3.05, 3.63) is 0 Å². The highest BCUT2D eigenvalue weighted by Gasteiger charge is 2.32. The summed E-state index contributed by atoms with van der Waals surface area (Å²) in [5.74, 6) is 0.869. The van der Waals surface area contributed by atoms with Gasteiger partial charge in [0.15, 0.2) is 0 Å². The van der Waals surface area contributed by atoms with Crippen LogP contribution in [-0.2, 0) is 4.79 Å². The summed E-state index contributed by atoms with van der Waals surface area (Å²) in [5, 5.41) is 9.14. The zero-order valence-corrected chi connectivity index (χ0v) is 6.49. The van der Waals surface area contributed by atoms with Crippen LogP contribution in [0.15, 0.2) is 0 Å². The SMILES string of the molecule is O=C1CC(O)CN1CC1CC1. The first kappa shape index (κ1) is 7.10. The summed E-state index contributed by atoms with van der Waals surface area (Å²) in [6.07, 6.45) is 2.47. The molecule has 11 heavy (non-hydrogen) atoms. The van der Waals surface area contributed by atoms with Crippen LogP contribution in [0.1, 0.15) is 19.3 Å². The van der Waals surface area contributed by atoms with Gasteiger partial charge in [-0.1, -0.05) is 0 Å². The van der Waals surface area contributed by atoms with Gasteiger partial charge in [0.1, 0.15) is 0 Å². The summed E-state index contributed by atoms with van der Waals surface area (Å²) in [6.45, 7) is 1.45. The molecule has 0 aromatic rings. The smallest absolute Gasteiger partial charge is 0.225 e. The van der Waals surface area contributed by atoms with Crippen LogP contribution in [0.5, 0.6) is 0 Å². The van der Waals surface area contributed by atoms with Crippen molar-refractivity contribution in [1.29, 1.82) is 0 Å². The van der Waals surface area contributed by atoms with E-state index in [1.807, 2.05) is 0 Å². The number of nitrogens with zero attached hydrogens (tertiary/aromatic N) is 1. The fraction of sp³-hybridized carbons (Fsp3) is 0.875. The molecule has 1 aliphatic heterocycles. The van der Waals surface area contributed by atoms with Crippen LogP contribution in [0.3, 0.4) is 0 Å². The Morgan fingerprint density at radius 3 is 2.73 bits per heavy atom. The minimum Gasteiger partial charge on any atom is -0.391 e. The van der Waals surface area contributed by atoms with Crippen molar-refractivity contribution in [3.8, 4) is 0 Å². The van der Waals surface area contributed by atoms with Crippen molar-refractivity contribution in [3.63, 3.8) is 0 Å². The van der Waals surface area contributed by atoms with E-state index in [0.717, 1.165) is 12.5 Å². The van der Waals surface area contributed by atoms with E-state index in [2.05, 4.69) is 0 Å². The highest BCUT2D eigenvalue weighted by molar-refractivity contribution is 5.79. The Balaban J connectivity index is 1.87. The van der Waals surface area contributed by atoms with Gasteiger partial charge in [0.2, 0.25) is 5.91 Å². The third-order valence-corrected chi connectivity index (χ3v) is 2.37. The number of amides is 1. The van der Waals surface area contributed by atoms with E-state index < -0.39 is 6.10 Å². The number of likely N-dealkylation sites (tertiary alicyclic amines) is 1. The van der Waals surface area contributed by atoms with E-state index in [-0.39, 0.29) is 5.91 Å². The normalized spacial score (nSPS) is 31.5. The van der Waals surface area contributed by atoms with Crippen molar-refractivity contribution < 1.29 is 9.90 Å². The first-order chi connectivity index (χ1) is 5.25. The second-order valence-corrected chi connectivity index (χ2v) is 3.60. The van der Waals surface area contributed by atoms with E-state index in [1.54, 1.807) is 4.90 Å².